The van der Waals surface area contributed by atoms with Crippen LogP contribution in [-0.4, -0.2) is 11.7 Å². The van der Waals surface area contributed by atoms with E-state index in [1.54, 1.807) is 0 Å². The zero-order valence-corrected chi connectivity index (χ0v) is 14.1. The minimum atomic E-state index is -0.429. The van der Waals surface area contributed by atoms with Crippen LogP contribution in [0.1, 0.15) is 52.7 Å². The highest BCUT2D eigenvalue weighted by atomic mass is 79.9. The van der Waals surface area contributed by atoms with Crippen molar-refractivity contribution in [3.8, 4) is 5.75 Å². The molecule has 1 aromatic rings. The molecule has 3 heteroatoms. The van der Waals surface area contributed by atoms with Gasteiger partial charge in [-0.1, -0.05) is 33.8 Å². The van der Waals surface area contributed by atoms with E-state index >= 15 is 0 Å². The van der Waals surface area contributed by atoms with Gasteiger partial charge < -0.3 is 9.84 Å². The predicted molar refractivity (Wildman–Crippen MR) is 83.5 cm³/mol. The lowest BCUT2D eigenvalue weighted by molar-refractivity contribution is 0.110. The summed E-state index contributed by atoms with van der Waals surface area (Å²) < 4.78 is 6.38. The summed E-state index contributed by atoms with van der Waals surface area (Å²) in [5.74, 6) is 1.27. The average Bonchev–Trinajstić information content (AvgIpc) is 2.30. The minimum absolute atomic E-state index is 0.212. The van der Waals surface area contributed by atoms with Gasteiger partial charge in [0.2, 0.25) is 0 Å². The summed E-state index contributed by atoms with van der Waals surface area (Å²) in [7, 11) is 0. The molecule has 0 fully saturated rings. The lowest BCUT2D eigenvalue weighted by atomic mass is 9.78. The number of hydrogen-bond donors (Lipinski definition) is 1. The van der Waals surface area contributed by atoms with Gasteiger partial charge in [-0.25, -0.2) is 0 Å². The number of halogens is 1. The number of aliphatic hydroxyl groups excluding tert-OH is 1. The number of rotatable bonds is 5. The van der Waals surface area contributed by atoms with Gasteiger partial charge in [0.15, 0.2) is 0 Å². The fourth-order valence-corrected chi connectivity index (χ4v) is 2.33. The first kappa shape index (κ1) is 16.5. The third kappa shape index (κ3) is 4.81. The summed E-state index contributed by atoms with van der Waals surface area (Å²) in [6.45, 7) is 11.4. The van der Waals surface area contributed by atoms with Gasteiger partial charge in [0.25, 0.3) is 0 Å². The molecule has 0 amide bonds. The van der Waals surface area contributed by atoms with E-state index in [4.69, 9.17) is 4.74 Å². The maximum atomic E-state index is 10.3. The van der Waals surface area contributed by atoms with Crippen molar-refractivity contribution in [2.24, 2.45) is 11.3 Å². The van der Waals surface area contributed by atoms with E-state index < -0.39 is 6.10 Å². The fraction of sp³-hybridized carbons (Fsp3) is 0.625. The second-order valence-electron chi connectivity index (χ2n) is 6.14. The molecular formula is C16H25BrO2. The number of hydrogen-bond acceptors (Lipinski definition) is 2. The van der Waals surface area contributed by atoms with E-state index in [2.05, 4.69) is 43.6 Å². The van der Waals surface area contributed by atoms with Crippen molar-refractivity contribution in [2.75, 3.05) is 6.61 Å². The molecule has 0 saturated carbocycles. The van der Waals surface area contributed by atoms with E-state index in [1.807, 2.05) is 25.1 Å². The third-order valence-electron chi connectivity index (χ3n) is 3.70. The molecule has 1 aromatic carbocycles. The molecular weight excluding hydrogens is 304 g/mol. The number of benzene rings is 1. The Labute approximate surface area is 125 Å². The lowest BCUT2D eigenvalue weighted by Crippen LogP contribution is -2.19. The molecule has 2 unspecified atom stereocenters. The molecule has 0 radical (unpaired) electrons. The van der Waals surface area contributed by atoms with Crippen LogP contribution in [0, 0.1) is 11.3 Å². The normalized spacial score (nSPS) is 15.1. The molecule has 0 heterocycles. The highest BCUT2D eigenvalue weighted by Crippen LogP contribution is 2.35. The quantitative estimate of drug-likeness (QED) is 0.828. The summed E-state index contributed by atoms with van der Waals surface area (Å²) in [6.07, 6.45) is 0.338. The van der Waals surface area contributed by atoms with Gasteiger partial charge in [0.05, 0.1) is 17.2 Å². The molecule has 0 aliphatic carbocycles. The highest BCUT2D eigenvalue weighted by Gasteiger charge is 2.23. The van der Waals surface area contributed by atoms with Crippen LogP contribution in [0.25, 0.3) is 0 Å². The van der Waals surface area contributed by atoms with Gasteiger partial charge in [-0.2, -0.15) is 0 Å². The first-order valence-corrected chi connectivity index (χ1v) is 7.65. The first-order chi connectivity index (χ1) is 8.75. The molecule has 2 atom stereocenters. The van der Waals surface area contributed by atoms with Crippen LogP contribution in [0.15, 0.2) is 22.7 Å². The van der Waals surface area contributed by atoms with Crippen LogP contribution in [0.2, 0.25) is 0 Å². The summed E-state index contributed by atoms with van der Waals surface area (Å²) in [5, 5.41) is 10.3. The Morgan fingerprint density at radius 2 is 1.95 bits per heavy atom. The largest absolute Gasteiger partial charge is 0.493 e. The zero-order chi connectivity index (χ0) is 14.6. The Morgan fingerprint density at radius 3 is 2.42 bits per heavy atom. The molecule has 19 heavy (non-hydrogen) atoms. The standard InChI is InChI=1S/C16H25BrO2/c1-6-19-15-8-7-12(10-13(15)17)14(18)9-11(2)16(3,4)5/h7-8,10-11,14,18H,6,9H2,1-5H3. The Hall–Kier alpha value is -0.540. The molecule has 2 nitrogen and oxygen atoms in total. The maximum Gasteiger partial charge on any atom is 0.133 e. The molecule has 1 rings (SSSR count). The van der Waals surface area contributed by atoms with E-state index in [-0.39, 0.29) is 5.41 Å². The van der Waals surface area contributed by atoms with E-state index in [0.717, 1.165) is 22.2 Å². The van der Waals surface area contributed by atoms with Crippen LogP contribution in [0.5, 0.6) is 5.75 Å². The smallest absolute Gasteiger partial charge is 0.133 e. The summed E-state index contributed by atoms with van der Waals surface area (Å²) in [6, 6.07) is 5.80. The third-order valence-corrected chi connectivity index (χ3v) is 4.32. The van der Waals surface area contributed by atoms with Crippen LogP contribution in [-0.2, 0) is 0 Å². The van der Waals surface area contributed by atoms with Crippen molar-refractivity contribution >= 4 is 15.9 Å². The second kappa shape index (κ2) is 6.76. The fourth-order valence-electron chi connectivity index (χ4n) is 1.82. The molecule has 0 saturated heterocycles. The van der Waals surface area contributed by atoms with Crippen molar-refractivity contribution in [3.63, 3.8) is 0 Å². The second-order valence-corrected chi connectivity index (χ2v) is 7.00. The van der Waals surface area contributed by atoms with Gasteiger partial charge in [0.1, 0.15) is 5.75 Å². The molecule has 0 bridgehead atoms. The Bertz CT molecular complexity index is 410. The lowest BCUT2D eigenvalue weighted by Gasteiger charge is -2.29. The van der Waals surface area contributed by atoms with Crippen molar-refractivity contribution in [1.29, 1.82) is 0 Å². The van der Waals surface area contributed by atoms with Crippen LogP contribution in [0.3, 0.4) is 0 Å². The Balaban J connectivity index is 2.78. The molecule has 0 spiro atoms. The molecule has 1 N–H and O–H groups in total. The van der Waals surface area contributed by atoms with Crippen molar-refractivity contribution in [3.05, 3.63) is 28.2 Å². The van der Waals surface area contributed by atoms with Gasteiger partial charge in [-0.05, 0) is 58.3 Å². The molecule has 0 aliphatic rings. The zero-order valence-electron chi connectivity index (χ0n) is 12.5. The summed E-state index contributed by atoms with van der Waals surface area (Å²) in [4.78, 5) is 0. The molecule has 0 aliphatic heterocycles. The van der Waals surface area contributed by atoms with Crippen molar-refractivity contribution in [2.45, 2.75) is 47.1 Å². The van der Waals surface area contributed by atoms with E-state index in [0.29, 0.717) is 12.5 Å². The van der Waals surface area contributed by atoms with Crippen LogP contribution < -0.4 is 4.74 Å². The molecule has 108 valence electrons. The first-order valence-electron chi connectivity index (χ1n) is 6.86. The predicted octanol–water partition coefficient (Wildman–Crippen LogP) is 4.95. The van der Waals surface area contributed by atoms with Crippen molar-refractivity contribution in [1.82, 2.24) is 0 Å². The SMILES string of the molecule is CCOc1ccc(C(O)CC(C)C(C)(C)C)cc1Br. The van der Waals surface area contributed by atoms with Crippen molar-refractivity contribution < 1.29 is 9.84 Å². The topological polar surface area (TPSA) is 29.5 Å². The van der Waals surface area contributed by atoms with E-state index in [9.17, 15) is 5.11 Å². The van der Waals surface area contributed by atoms with E-state index in [1.165, 1.54) is 0 Å². The number of aliphatic hydroxyl groups is 1. The molecule has 0 aromatic heterocycles. The Kier molecular flexibility index (Phi) is 5.87. The highest BCUT2D eigenvalue weighted by molar-refractivity contribution is 9.10. The summed E-state index contributed by atoms with van der Waals surface area (Å²) in [5.41, 5.74) is 1.15. The monoisotopic (exact) mass is 328 g/mol. The van der Waals surface area contributed by atoms with Gasteiger partial charge >= 0.3 is 0 Å². The van der Waals surface area contributed by atoms with Gasteiger partial charge in [-0.15, -0.1) is 0 Å². The minimum Gasteiger partial charge on any atom is -0.493 e. The Morgan fingerprint density at radius 1 is 1.32 bits per heavy atom. The van der Waals surface area contributed by atoms with Gasteiger partial charge in [-0.3, -0.25) is 0 Å². The summed E-state index contributed by atoms with van der Waals surface area (Å²) >= 11 is 3.49. The maximum absolute atomic E-state index is 10.3. The van der Waals surface area contributed by atoms with Gasteiger partial charge in [0, 0.05) is 0 Å². The van der Waals surface area contributed by atoms with Crippen LogP contribution in [0.4, 0.5) is 0 Å². The number of ether oxygens (including phenoxy) is 1. The van der Waals surface area contributed by atoms with Crippen LogP contribution >= 0.6 is 15.9 Å². The average molecular weight is 329 g/mol.